The molecule has 7 nitrogen and oxygen atoms in total. The molecule has 0 bridgehead atoms. The number of H-pyrrole nitrogens is 1. The van der Waals surface area contributed by atoms with Crippen molar-refractivity contribution in [2.24, 2.45) is 0 Å². The Kier molecular flexibility index (Phi) is 6.21. The van der Waals surface area contributed by atoms with Gasteiger partial charge in [0.15, 0.2) is 5.65 Å². The molecule has 1 N–H and O–H groups in total. The third kappa shape index (κ3) is 4.25. The number of methoxy groups -OCH3 is 2. The lowest BCUT2D eigenvalue weighted by Crippen LogP contribution is -2.14. The van der Waals surface area contributed by atoms with E-state index in [2.05, 4.69) is 14.8 Å². The first-order valence-electron chi connectivity index (χ1n) is 8.83. The molecule has 2 aromatic carbocycles. The van der Waals surface area contributed by atoms with Crippen LogP contribution in [0.2, 0.25) is 0 Å². The molecule has 4 aromatic rings. The van der Waals surface area contributed by atoms with Gasteiger partial charge in [0.05, 0.1) is 18.5 Å². The van der Waals surface area contributed by atoms with Gasteiger partial charge in [-0.05, 0) is 12.1 Å². The van der Waals surface area contributed by atoms with Crippen LogP contribution < -0.4 is 10.3 Å². The molecule has 0 unspecified atom stereocenters. The molecule has 0 fully saturated rings. The highest BCUT2D eigenvalue weighted by Gasteiger charge is 2.12. The lowest BCUT2D eigenvalue weighted by atomic mass is 10.1. The second kappa shape index (κ2) is 8.99. The van der Waals surface area contributed by atoms with Crippen molar-refractivity contribution in [2.75, 3.05) is 21.3 Å². The fourth-order valence-electron chi connectivity index (χ4n) is 2.88. The van der Waals surface area contributed by atoms with Crippen LogP contribution in [-0.4, -0.2) is 42.2 Å². The van der Waals surface area contributed by atoms with Crippen molar-refractivity contribution in [3.05, 3.63) is 76.6 Å². The Morgan fingerprint density at radius 2 is 1.69 bits per heavy atom. The van der Waals surface area contributed by atoms with E-state index >= 15 is 0 Å². The molecule has 0 saturated heterocycles. The molecule has 0 aliphatic rings. The predicted molar refractivity (Wildman–Crippen MR) is 112 cm³/mol. The monoisotopic (exact) mass is 391 g/mol. The summed E-state index contributed by atoms with van der Waals surface area (Å²) in [4.78, 5) is 27.9. The third-order valence-electron chi connectivity index (χ3n) is 4.19. The Morgan fingerprint density at radius 3 is 2.34 bits per heavy atom. The number of aldehydes is 1. The topological polar surface area (TPSA) is 85.7 Å². The highest BCUT2D eigenvalue weighted by molar-refractivity contribution is 5.77. The normalized spacial score (nSPS) is 10.3. The molecular weight excluding hydrogens is 370 g/mol. The smallest absolute Gasteiger partial charge is 0.273 e. The highest BCUT2D eigenvalue weighted by atomic mass is 16.5. The Hall–Kier alpha value is -3.71. The Morgan fingerprint density at radius 1 is 1.00 bits per heavy atom. The number of para-hydroxylation sites is 1. The summed E-state index contributed by atoms with van der Waals surface area (Å²) in [6, 6.07) is 17.8. The fraction of sp³-hybridized carbons (Fsp3) is 0.136. The maximum atomic E-state index is 12.5. The molecule has 2 aromatic heterocycles. The SMILES string of the molecule is COC.COc1ccccc1-c1cc2nc(-c3ccc(C=O)cc3)cc(=O)n2[nH]1. The summed E-state index contributed by atoms with van der Waals surface area (Å²) in [7, 11) is 4.85. The lowest BCUT2D eigenvalue weighted by molar-refractivity contribution is 0.112. The first kappa shape index (κ1) is 20.0. The number of fused-ring (bicyclic) bond motifs is 1. The summed E-state index contributed by atoms with van der Waals surface area (Å²) in [6.07, 6.45) is 0.779. The number of ether oxygens (including phenoxy) is 2. The molecule has 148 valence electrons. The minimum atomic E-state index is -0.217. The van der Waals surface area contributed by atoms with Crippen molar-refractivity contribution >= 4 is 11.9 Å². The zero-order valence-electron chi connectivity index (χ0n) is 16.4. The van der Waals surface area contributed by atoms with Gasteiger partial charge in [-0.1, -0.05) is 36.4 Å². The fourth-order valence-corrected chi connectivity index (χ4v) is 2.88. The molecule has 0 amide bonds. The molecular formula is C22H21N3O4. The van der Waals surface area contributed by atoms with E-state index in [4.69, 9.17) is 4.74 Å². The van der Waals surface area contributed by atoms with Gasteiger partial charge in [-0.2, -0.15) is 0 Å². The van der Waals surface area contributed by atoms with Crippen molar-refractivity contribution < 1.29 is 14.3 Å². The van der Waals surface area contributed by atoms with Gasteiger partial charge in [-0.15, -0.1) is 0 Å². The molecule has 4 rings (SSSR count). The molecule has 0 atom stereocenters. The van der Waals surface area contributed by atoms with Crippen LogP contribution in [0, 0.1) is 0 Å². The average molecular weight is 391 g/mol. The van der Waals surface area contributed by atoms with Crippen LogP contribution in [0.4, 0.5) is 0 Å². The zero-order chi connectivity index (χ0) is 20.8. The lowest BCUT2D eigenvalue weighted by Gasteiger charge is -2.05. The first-order valence-corrected chi connectivity index (χ1v) is 8.83. The minimum absolute atomic E-state index is 0.217. The molecule has 7 heteroatoms. The van der Waals surface area contributed by atoms with Crippen LogP contribution in [0.25, 0.3) is 28.2 Å². The maximum Gasteiger partial charge on any atom is 0.273 e. The van der Waals surface area contributed by atoms with Crippen molar-refractivity contribution in [2.45, 2.75) is 0 Å². The molecule has 0 aliphatic carbocycles. The third-order valence-corrected chi connectivity index (χ3v) is 4.19. The van der Waals surface area contributed by atoms with Gasteiger partial charge >= 0.3 is 0 Å². The van der Waals surface area contributed by atoms with Crippen LogP contribution in [0.15, 0.2) is 65.5 Å². The van der Waals surface area contributed by atoms with Crippen molar-refractivity contribution in [3.8, 4) is 28.3 Å². The molecule has 0 radical (unpaired) electrons. The van der Waals surface area contributed by atoms with Gasteiger partial charge in [-0.25, -0.2) is 9.50 Å². The van der Waals surface area contributed by atoms with E-state index < -0.39 is 0 Å². The highest BCUT2D eigenvalue weighted by Crippen LogP contribution is 2.29. The number of hydrogen-bond acceptors (Lipinski definition) is 5. The van der Waals surface area contributed by atoms with E-state index in [1.807, 2.05) is 30.3 Å². The maximum absolute atomic E-state index is 12.5. The average Bonchev–Trinajstić information content (AvgIpc) is 3.19. The van der Waals surface area contributed by atoms with Gasteiger partial charge in [0.25, 0.3) is 5.56 Å². The molecule has 29 heavy (non-hydrogen) atoms. The van der Waals surface area contributed by atoms with E-state index in [0.717, 1.165) is 23.1 Å². The number of carbonyl (C=O) groups is 1. The van der Waals surface area contributed by atoms with Gasteiger partial charge < -0.3 is 9.47 Å². The molecule has 0 aliphatic heterocycles. The Balaban J connectivity index is 0.000000755. The number of benzene rings is 2. The Bertz CT molecular complexity index is 1180. The quantitative estimate of drug-likeness (QED) is 0.539. The molecule has 2 heterocycles. The van der Waals surface area contributed by atoms with E-state index in [1.54, 1.807) is 45.6 Å². The predicted octanol–water partition coefficient (Wildman–Crippen LogP) is 3.44. The second-order valence-corrected chi connectivity index (χ2v) is 6.19. The number of nitrogens with zero attached hydrogens (tertiary/aromatic N) is 2. The number of hydrogen-bond donors (Lipinski definition) is 1. The number of rotatable bonds is 4. The summed E-state index contributed by atoms with van der Waals surface area (Å²) in [6.45, 7) is 0. The van der Waals surface area contributed by atoms with Crippen molar-refractivity contribution in [3.63, 3.8) is 0 Å². The van der Waals surface area contributed by atoms with E-state index in [0.29, 0.717) is 22.7 Å². The summed E-state index contributed by atoms with van der Waals surface area (Å²) >= 11 is 0. The Labute approximate surface area is 167 Å². The van der Waals surface area contributed by atoms with Gasteiger partial charge in [-0.3, -0.25) is 14.7 Å². The molecule has 0 saturated carbocycles. The van der Waals surface area contributed by atoms with Gasteiger partial charge in [0.2, 0.25) is 0 Å². The standard InChI is InChI=1S/C20H15N3O3.C2H6O/c1-26-18-5-3-2-4-15(18)17-10-19-21-16(11-20(25)23(19)22-17)14-8-6-13(12-24)7-9-14;1-3-2/h2-12,22H,1H3;1-2H3. The van der Waals surface area contributed by atoms with E-state index in [1.165, 1.54) is 10.6 Å². The number of aromatic amines is 1. The largest absolute Gasteiger partial charge is 0.496 e. The van der Waals surface area contributed by atoms with E-state index in [9.17, 15) is 9.59 Å². The summed E-state index contributed by atoms with van der Waals surface area (Å²) < 4.78 is 11.0. The second-order valence-electron chi connectivity index (χ2n) is 6.19. The van der Waals surface area contributed by atoms with Gasteiger partial charge in [0.1, 0.15) is 12.0 Å². The van der Waals surface area contributed by atoms with E-state index in [-0.39, 0.29) is 5.56 Å². The van der Waals surface area contributed by atoms with Crippen LogP contribution in [0.1, 0.15) is 10.4 Å². The zero-order valence-corrected chi connectivity index (χ0v) is 16.4. The summed E-state index contributed by atoms with van der Waals surface area (Å²) in [5.41, 5.74) is 3.77. The minimum Gasteiger partial charge on any atom is -0.496 e. The number of aromatic nitrogens is 3. The summed E-state index contributed by atoms with van der Waals surface area (Å²) in [5, 5.41) is 3.07. The van der Waals surface area contributed by atoms with Crippen LogP contribution >= 0.6 is 0 Å². The van der Waals surface area contributed by atoms with Crippen LogP contribution in [0.3, 0.4) is 0 Å². The molecule has 0 spiro atoms. The van der Waals surface area contributed by atoms with Crippen LogP contribution in [0.5, 0.6) is 5.75 Å². The van der Waals surface area contributed by atoms with Crippen LogP contribution in [-0.2, 0) is 4.74 Å². The number of nitrogens with one attached hydrogen (secondary N) is 1. The van der Waals surface area contributed by atoms with Crippen molar-refractivity contribution in [1.29, 1.82) is 0 Å². The number of carbonyl (C=O) groups excluding carboxylic acids is 1. The first-order chi connectivity index (χ1) is 14.1. The van der Waals surface area contributed by atoms with Crippen molar-refractivity contribution in [1.82, 2.24) is 14.6 Å². The summed E-state index contributed by atoms with van der Waals surface area (Å²) in [5.74, 6) is 0.705. The van der Waals surface area contributed by atoms with Gasteiger partial charge in [0, 0.05) is 43.0 Å².